The number of aromatic amines is 1. The zero-order chi connectivity index (χ0) is 20.6. The van der Waals surface area contributed by atoms with Crippen LogP contribution in [0.5, 0.6) is 0 Å². The molecule has 4 N–H and O–H groups in total. The van der Waals surface area contributed by atoms with Gasteiger partial charge in [0.15, 0.2) is 0 Å². The second kappa shape index (κ2) is 8.15. The van der Waals surface area contributed by atoms with Crippen LogP contribution in [-0.4, -0.2) is 69.3 Å². The number of anilines is 1. The number of para-hydroxylation sites is 1. The molecular weight excluding hydrogens is 400 g/mol. The lowest BCUT2D eigenvalue weighted by Gasteiger charge is -2.35. The molecule has 2 aliphatic heterocycles. The number of hydrogen-bond donors (Lipinski definition) is 4. The highest BCUT2D eigenvalue weighted by Gasteiger charge is 2.34. The number of likely N-dealkylation sites (tertiary alicyclic amines) is 1. The van der Waals surface area contributed by atoms with Gasteiger partial charge in [-0.3, -0.25) is 4.90 Å². The van der Waals surface area contributed by atoms with Crippen molar-refractivity contribution in [2.24, 2.45) is 0 Å². The third-order valence-corrected chi connectivity index (χ3v) is 6.52. The number of H-pyrrole nitrogens is 1. The lowest BCUT2D eigenvalue weighted by molar-refractivity contribution is -0.0159. The summed E-state index contributed by atoms with van der Waals surface area (Å²) in [7, 11) is 0. The predicted octanol–water partition coefficient (Wildman–Crippen LogP) is 2.88. The van der Waals surface area contributed by atoms with Gasteiger partial charge >= 0.3 is 0 Å². The molecule has 1 unspecified atom stereocenters. The lowest BCUT2D eigenvalue weighted by atomic mass is 9.92. The zero-order valence-corrected chi connectivity index (χ0v) is 17.6. The van der Waals surface area contributed by atoms with Crippen molar-refractivity contribution in [2.75, 3.05) is 38.0 Å². The number of benzene rings is 1. The molecule has 8 heteroatoms. The second-order valence-corrected chi connectivity index (χ2v) is 8.88. The van der Waals surface area contributed by atoms with E-state index in [4.69, 9.17) is 16.6 Å². The minimum atomic E-state index is -0.570. The van der Waals surface area contributed by atoms with Gasteiger partial charge in [-0.1, -0.05) is 29.8 Å². The number of β-amino-alcohol motifs (C(OH)–C–C–N with tert-alkyl or cyclic N) is 1. The first-order chi connectivity index (χ1) is 14.6. The fourth-order valence-corrected chi connectivity index (χ4v) is 4.83. The Morgan fingerprint density at radius 1 is 1.27 bits per heavy atom. The van der Waals surface area contributed by atoms with Crippen LogP contribution >= 0.6 is 11.6 Å². The Labute approximate surface area is 180 Å². The van der Waals surface area contributed by atoms with Crippen LogP contribution in [0, 0.1) is 0 Å². The van der Waals surface area contributed by atoms with E-state index in [1.807, 2.05) is 24.4 Å². The molecule has 0 saturated carbocycles. The number of halogens is 1. The van der Waals surface area contributed by atoms with Crippen LogP contribution in [0.3, 0.4) is 0 Å². The van der Waals surface area contributed by atoms with Gasteiger partial charge in [0, 0.05) is 48.3 Å². The summed E-state index contributed by atoms with van der Waals surface area (Å²) >= 11 is 6.44. The first-order valence-electron chi connectivity index (χ1n) is 10.6. The van der Waals surface area contributed by atoms with Crippen molar-refractivity contribution in [1.29, 1.82) is 0 Å². The summed E-state index contributed by atoms with van der Waals surface area (Å²) in [5.41, 5.74) is 2.19. The maximum atomic E-state index is 10.8. The van der Waals surface area contributed by atoms with Crippen LogP contribution in [0.1, 0.15) is 19.3 Å². The Morgan fingerprint density at radius 2 is 2.10 bits per heavy atom. The smallest absolute Gasteiger partial charge is 0.223 e. The van der Waals surface area contributed by atoms with E-state index in [-0.39, 0.29) is 6.04 Å². The summed E-state index contributed by atoms with van der Waals surface area (Å²) in [5.74, 6) is 0.590. The molecule has 1 aromatic carbocycles. The summed E-state index contributed by atoms with van der Waals surface area (Å²) < 4.78 is 0. The quantitative estimate of drug-likeness (QED) is 0.501. The number of rotatable bonds is 5. The Bertz CT molecular complexity index is 1030. The maximum absolute atomic E-state index is 10.8. The van der Waals surface area contributed by atoms with Crippen molar-refractivity contribution >= 4 is 28.5 Å². The first-order valence-corrected chi connectivity index (χ1v) is 11.0. The molecule has 4 heterocycles. The molecule has 0 aliphatic carbocycles. The number of piperidine rings is 1. The summed E-state index contributed by atoms with van der Waals surface area (Å²) in [6.45, 7) is 4.36. The van der Waals surface area contributed by atoms with Gasteiger partial charge in [-0.05, 0) is 38.4 Å². The number of hydrogen-bond acceptors (Lipinski definition) is 6. The van der Waals surface area contributed by atoms with Crippen LogP contribution < -0.4 is 10.6 Å². The van der Waals surface area contributed by atoms with Gasteiger partial charge in [-0.15, -0.1) is 0 Å². The summed E-state index contributed by atoms with van der Waals surface area (Å²) in [4.78, 5) is 14.8. The number of nitrogens with one attached hydrogen (secondary N) is 3. The molecule has 5 rings (SSSR count). The largest absolute Gasteiger partial charge is 0.388 e. The summed E-state index contributed by atoms with van der Waals surface area (Å²) in [6, 6.07) is 8.37. The number of nitrogens with zero attached hydrogens (tertiary/aromatic N) is 3. The van der Waals surface area contributed by atoms with Crippen molar-refractivity contribution in [1.82, 2.24) is 25.2 Å². The molecule has 0 amide bonds. The minimum Gasteiger partial charge on any atom is -0.388 e. The zero-order valence-electron chi connectivity index (χ0n) is 16.9. The highest BCUT2D eigenvalue weighted by atomic mass is 35.5. The second-order valence-electron chi connectivity index (χ2n) is 8.48. The molecule has 158 valence electrons. The number of fused-ring (bicyclic) bond motifs is 1. The topological polar surface area (TPSA) is 89.1 Å². The van der Waals surface area contributed by atoms with E-state index in [9.17, 15) is 5.11 Å². The fourth-order valence-electron chi connectivity index (χ4n) is 4.64. The molecule has 2 aliphatic rings. The third kappa shape index (κ3) is 4.03. The first kappa shape index (κ1) is 19.8. The number of aromatic nitrogens is 3. The van der Waals surface area contributed by atoms with Gasteiger partial charge in [0.2, 0.25) is 5.95 Å². The average molecular weight is 427 g/mol. The van der Waals surface area contributed by atoms with Crippen molar-refractivity contribution in [3.8, 4) is 11.3 Å². The minimum absolute atomic E-state index is 0.257. The molecule has 0 bridgehead atoms. The maximum Gasteiger partial charge on any atom is 0.223 e. The molecule has 1 atom stereocenters. The molecule has 2 aromatic heterocycles. The van der Waals surface area contributed by atoms with E-state index in [1.165, 1.54) is 0 Å². The predicted molar refractivity (Wildman–Crippen MR) is 120 cm³/mol. The van der Waals surface area contributed by atoms with Crippen LogP contribution in [-0.2, 0) is 0 Å². The number of aliphatic hydroxyl groups is 1. The Hall–Kier alpha value is -2.19. The molecular formula is C22H27ClN6O. The molecule has 30 heavy (non-hydrogen) atoms. The van der Waals surface area contributed by atoms with Crippen molar-refractivity contribution in [3.63, 3.8) is 0 Å². The molecule has 3 aromatic rings. The van der Waals surface area contributed by atoms with Gasteiger partial charge in [0.1, 0.15) is 0 Å². The average Bonchev–Trinajstić information content (AvgIpc) is 3.36. The molecule has 0 radical (unpaired) electrons. The van der Waals surface area contributed by atoms with E-state index in [0.29, 0.717) is 11.0 Å². The van der Waals surface area contributed by atoms with Crippen molar-refractivity contribution < 1.29 is 5.11 Å². The normalized spacial score (nSPS) is 21.9. The third-order valence-electron chi connectivity index (χ3n) is 6.25. The van der Waals surface area contributed by atoms with Crippen molar-refractivity contribution in [2.45, 2.75) is 30.9 Å². The lowest BCUT2D eigenvalue weighted by Crippen LogP contribution is -2.49. The Kier molecular flexibility index (Phi) is 5.37. The van der Waals surface area contributed by atoms with Crippen LogP contribution in [0.4, 0.5) is 5.95 Å². The standard InChI is InChI=1S/C22H27ClN6O/c23-18-12-26-21(28-20(18)17-11-25-19-4-2-1-3-16(17)19)27-15-5-10-29(13-15)14-22(30)6-8-24-9-7-22/h1-4,11-12,15,24-25,30H,5-10,13-14H2,(H,26,27,28). The molecule has 2 saturated heterocycles. The highest BCUT2D eigenvalue weighted by molar-refractivity contribution is 6.33. The van der Waals surface area contributed by atoms with Gasteiger partial charge in [0.25, 0.3) is 0 Å². The van der Waals surface area contributed by atoms with Crippen LogP contribution in [0.25, 0.3) is 22.2 Å². The Balaban J connectivity index is 1.29. The fraction of sp³-hybridized carbons (Fsp3) is 0.455. The van der Waals surface area contributed by atoms with Gasteiger partial charge in [-0.2, -0.15) is 0 Å². The molecule has 0 spiro atoms. The van der Waals surface area contributed by atoms with Gasteiger partial charge in [-0.25, -0.2) is 9.97 Å². The molecule has 2 fully saturated rings. The van der Waals surface area contributed by atoms with E-state index in [0.717, 1.165) is 74.1 Å². The van der Waals surface area contributed by atoms with Crippen molar-refractivity contribution in [3.05, 3.63) is 41.7 Å². The monoisotopic (exact) mass is 426 g/mol. The molecule has 7 nitrogen and oxygen atoms in total. The van der Waals surface area contributed by atoms with E-state index in [2.05, 4.69) is 31.6 Å². The van der Waals surface area contributed by atoms with Gasteiger partial charge < -0.3 is 20.7 Å². The van der Waals surface area contributed by atoms with Crippen LogP contribution in [0.15, 0.2) is 36.7 Å². The highest BCUT2D eigenvalue weighted by Crippen LogP contribution is 2.32. The Morgan fingerprint density at radius 3 is 2.97 bits per heavy atom. The van der Waals surface area contributed by atoms with E-state index < -0.39 is 5.60 Å². The SMILES string of the molecule is OC1(CN2CCC(Nc3ncc(Cl)c(-c4c[nH]c5ccccc45)n3)C2)CCNCC1. The summed E-state index contributed by atoms with van der Waals surface area (Å²) in [5, 5.41) is 19.2. The van der Waals surface area contributed by atoms with Gasteiger partial charge in [0.05, 0.1) is 22.5 Å². The van der Waals surface area contributed by atoms with Crippen LogP contribution in [0.2, 0.25) is 5.02 Å². The summed E-state index contributed by atoms with van der Waals surface area (Å²) in [6.07, 6.45) is 6.24. The van der Waals surface area contributed by atoms with E-state index in [1.54, 1.807) is 6.20 Å². The van der Waals surface area contributed by atoms with E-state index >= 15 is 0 Å².